The zero-order chi connectivity index (χ0) is 47.6. The third-order valence-electron chi connectivity index (χ3n) is 19.2. The van der Waals surface area contributed by atoms with Crippen LogP contribution in [0.2, 0.25) is 0 Å². The number of piperidine rings is 4. The number of hydrogen-bond donors (Lipinski definition) is 3. The minimum atomic E-state index is -0.452. The van der Waals surface area contributed by atoms with Crippen LogP contribution in [0.15, 0.2) is 24.3 Å². The lowest BCUT2D eigenvalue weighted by Crippen LogP contribution is -2.64. The van der Waals surface area contributed by atoms with Crippen LogP contribution >= 0.6 is 0 Å². The molecule has 8 nitrogen and oxygen atoms in total. The first-order valence-electron chi connectivity index (χ1n) is 25.1. The quantitative estimate of drug-likeness (QED) is 0.230. The van der Waals surface area contributed by atoms with Gasteiger partial charge >= 0.3 is 0 Å². The summed E-state index contributed by atoms with van der Waals surface area (Å²) >= 11 is 0. The Bertz CT molecular complexity index is 1990. The number of benzene rings is 2. The normalized spacial score (nSPS) is 36.8. The Morgan fingerprint density at radius 2 is 0.873 bits per heavy atom. The lowest BCUT2D eigenvalue weighted by molar-refractivity contribution is -0.263. The summed E-state index contributed by atoms with van der Waals surface area (Å²) in [6, 6.07) is 9.77. The molecule has 8 heteroatoms. The van der Waals surface area contributed by atoms with E-state index in [4.69, 9.17) is 4.74 Å². The minimum Gasteiger partial charge on any atom is -0.490 e. The number of ether oxygens (including phenoxy) is 1. The number of fused-ring (bicyclic) bond motifs is 1. The van der Waals surface area contributed by atoms with E-state index in [2.05, 4.69) is 175 Å². The van der Waals surface area contributed by atoms with Gasteiger partial charge in [0.1, 0.15) is 11.9 Å². The zero-order valence-corrected chi connectivity index (χ0v) is 44.1. The van der Waals surface area contributed by atoms with Gasteiger partial charge in [-0.2, -0.15) is 15.2 Å². The Labute approximate surface area is 385 Å². The van der Waals surface area contributed by atoms with Crippen LogP contribution in [0.5, 0.6) is 5.75 Å². The molecule has 2 aromatic rings. The van der Waals surface area contributed by atoms with Gasteiger partial charge in [0.2, 0.25) is 0 Å². The predicted octanol–water partition coefficient (Wildman–Crippen LogP) is 13.8. The second kappa shape index (κ2) is 16.5. The van der Waals surface area contributed by atoms with E-state index in [0.29, 0.717) is 5.92 Å². The third kappa shape index (κ3) is 8.47. The van der Waals surface area contributed by atoms with Crippen LogP contribution in [0.25, 0.3) is 10.8 Å². The summed E-state index contributed by atoms with van der Waals surface area (Å²) in [7, 11) is 2.30. The molecule has 4 aliphatic rings. The molecule has 0 spiro atoms. The summed E-state index contributed by atoms with van der Waals surface area (Å²) in [5.74, 6) is 2.73. The van der Waals surface area contributed by atoms with Crippen LogP contribution in [0, 0.1) is 23.7 Å². The van der Waals surface area contributed by atoms with Crippen molar-refractivity contribution in [2.75, 3.05) is 7.05 Å². The Morgan fingerprint density at radius 1 is 0.476 bits per heavy atom. The molecule has 8 unspecified atom stereocenters. The molecule has 0 saturated carbocycles. The second-order valence-electron chi connectivity index (χ2n) is 26.4. The van der Waals surface area contributed by atoms with Crippen LogP contribution in [-0.4, -0.2) is 93.2 Å². The highest BCUT2D eigenvalue weighted by Gasteiger charge is 2.55. The fourth-order valence-electron chi connectivity index (χ4n) is 13.8. The molecule has 0 amide bonds. The smallest absolute Gasteiger partial charge is 0.123 e. The molecular formula is C55H94N4O4. The van der Waals surface area contributed by atoms with Crippen molar-refractivity contribution in [1.29, 1.82) is 0 Å². The van der Waals surface area contributed by atoms with Gasteiger partial charge in [-0.05, 0) is 210 Å². The molecule has 0 aromatic heterocycles. The Balaban J connectivity index is 1.65. The third-order valence-corrected chi connectivity index (χ3v) is 19.2. The summed E-state index contributed by atoms with van der Waals surface area (Å²) in [6.45, 7) is 45.5. The van der Waals surface area contributed by atoms with E-state index < -0.39 is 33.2 Å². The number of hydrogen-bond acceptors (Lipinski definition) is 8. The highest BCUT2D eigenvalue weighted by atomic mass is 16.5. The maximum absolute atomic E-state index is 12.0. The van der Waals surface area contributed by atoms with E-state index in [9.17, 15) is 15.6 Å². The number of nitrogens with zero attached hydrogens (tertiary/aromatic N) is 4. The van der Waals surface area contributed by atoms with Crippen LogP contribution < -0.4 is 4.74 Å². The van der Waals surface area contributed by atoms with Crippen molar-refractivity contribution < 1.29 is 20.4 Å². The molecular weight excluding hydrogens is 781 g/mol. The SMILES string of the molecule is CC(C)C1(C)CC(Oc2cc3ccc(C4CC(C)(C)N(O)C(C)(C(C)C)C4)c(C4CC(C)(C)N(O)C(C)(C(C)C)C4)c3cc2C2CC(C)(C)N(O)C(C)(C(C)C)C2)CC(C)(C)N1C. The maximum Gasteiger partial charge on any atom is 0.123 e. The van der Waals surface area contributed by atoms with E-state index in [1.54, 1.807) is 15.2 Å². The van der Waals surface area contributed by atoms with Crippen molar-refractivity contribution in [2.24, 2.45) is 23.7 Å². The Morgan fingerprint density at radius 3 is 1.30 bits per heavy atom. The average Bonchev–Trinajstić information content (AvgIpc) is 3.15. The lowest BCUT2D eigenvalue weighted by atomic mass is 9.63. The highest BCUT2D eigenvalue weighted by molar-refractivity contribution is 5.90. The summed E-state index contributed by atoms with van der Waals surface area (Å²) in [4.78, 5) is 2.60. The monoisotopic (exact) mass is 875 g/mol. The first kappa shape index (κ1) is 50.6. The van der Waals surface area contributed by atoms with E-state index >= 15 is 0 Å². The van der Waals surface area contributed by atoms with E-state index in [1.165, 1.54) is 27.5 Å². The second-order valence-corrected chi connectivity index (χ2v) is 26.4. The van der Waals surface area contributed by atoms with Crippen molar-refractivity contribution in [2.45, 2.75) is 258 Å². The van der Waals surface area contributed by atoms with Crippen LogP contribution in [0.3, 0.4) is 0 Å². The highest BCUT2D eigenvalue weighted by Crippen LogP contribution is 2.56. The van der Waals surface area contributed by atoms with Crippen molar-refractivity contribution in [3.8, 4) is 5.75 Å². The van der Waals surface area contributed by atoms with Crippen molar-refractivity contribution in [1.82, 2.24) is 20.1 Å². The van der Waals surface area contributed by atoms with Crippen LogP contribution in [0.4, 0.5) is 0 Å². The fourth-order valence-corrected chi connectivity index (χ4v) is 13.8. The van der Waals surface area contributed by atoms with Gasteiger partial charge in [-0.25, -0.2) is 0 Å². The first-order chi connectivity index (χ1) is 28.6. The van der Waals surface area contributed by atoms with Crippen LogP contribution in [-0.2, 0) is 0 Å². The van der Waals surface area contributed by atoms with E-state index in [0.717, 1.165) is 57.1 Å². The number of rotatable bonds is 9. The zero-order valence-electron chi connectivity index (χ0n) is 44.1. The van der Waals surface area contributed by atoms with Gasteiger partial charge in [-0.15, -0.1) is 0 Å². The molecule has 4 fully saturated rings. The molecule has 0 bridgehead atoms. The van der Waals surface area contributed by atoms with Gasteiger partial charge in [0.25, 0.3) is 0 Å². The minimum absolute atomic E-state index is 0.0220. The van der Waals surface area contributed by atoms with Crippen molar-refractivity contribution in [3.05, 3.63) is 41.0 Å². The molecule has 4 heterocycles. The topological polar surface area (TPSA) is 82.9 Å². The lowest BCUT2D eigenvalue weighted by Gasteiger charge is -2.57. The van der Waals surface area contributed by atoms with Crippen molar-refractivity contribution >= 4 is 10.8 Å². The number of likely N-dealkylation sites (tertiary alicyclic amines) is 1. The standard InChI is InChI=1S/C55H94N4O4/c1-34(2)52(17)33-42(32-48(9,10)56(52)21)63-46-24-38-22-23-43(39-26-49(11,12)57(60)53(18,29-39)35(3)4)47(41-28-51(15,16)59(62)55(20,31-41)37(7)8)45(38)25-44(46)40-27-50(13,14)58(61)54(19,30-40)36(5)6/h22-25,34-37,39-42,60-62H,26-33H2,1-21H3. The Kier molecular flexibility index (Phi) is 13.2. The van der Waals surface area contributed by atoms with Gasteiger partial charge in [0.15, 0.2) is 0 Å². The fraction of sp³-hybridized carbons (Fsp3) is 0.818. The largest absolute Gasteiger partial charge is 0.490 e. The summed E-state index contributed by atoms with van der Waals surface area (Å²) in [5.41, 5.74) is 1.43. The molecule has 358 valence electrons. The molecule has 3 N–H and O–H groups in total. The molecule has 8 atom stereocenters. The van der Waals surface area contributed by atoms with E-state index in [-0.39, 0.29) is 52.7 Å². The molecule has 4 saturated heterocycles. The maximum atomic E-state index is 12.0. The summed E-state index contributed by atoms with van der Waals surface area (Å²) in [6.07, 6.45) is 6.94. The van der Waals surface area contributed by atoms with Crippen LogP contribution in [0.1, 0.15) is 224 Å². The molecule has 0 aliphatic carbocycles. The molecule has 0 radical (unpaired) electrons. The Hall–Kier alpha value is -1.78. The molecule has 4 aliphatic heterocycles. The first-order valence-corrected chi connectivity index (χ1v) is 25.1. The van der Waals surface area contributed by atoms with Gasteiger partial charge in [0, 0.05) is 57.2 Å². The van der Waals surface area contributed by atoms with Gasteiger partial charge in [0.05, 0.1) is 0 Å². The van der Waals surface area contributed by atoms with E-state index in [1.807, 2.05) is 0 Å². The van der Waals surface area contributed by atoms with Gasteiger partial charge in [-0.1, -0.05) is 67.5 Å². The average molecular weight is 875 g/mol. The van der Waals surface area contributed by atoms with Crippen molar-refractivity contribution in [3.63, 3.8) is 0 Å². The molecule has 2 aromatic carbocycles. The van der Waals surface area contributed by atoms with Gasteiger partial charge in [-0.3, -0.25) is 4.90 Å². The summed E-state index contributed by atoms with van der Waals surface area (Å²) in [5, 5.41) is 43.4. The number of hydroxylamine groups is 6. The summed E-state index contributed by atoms with van der Waals surface area (Å²) < 4.78 is 7.56. The molecule has 6 rings (SSSR count). The predicted molar refractivity (Wildman–Crippen MR) is 261 cm³/mol. The van der Waals surface area contributed by atoms with Gasteiger partial charge < -0.3 is 20.4 Å². The molecule has 63 heavy (non-hydrogen) atoms.